The Morgan fingerprint density at radius 3 is 3.00 bits per heavy atom. The van der Waals surface area contributed by atoms with Gasteiger partial charge < -0.3 is 5.32 Å². The Labute approximate surface area is 80.7 Å². The summed E-state index contributed by atoms with van der Waals surface area (Å²) in [7, 11) is 0. The van der Waals surface area contributed by atoms with E-state index >= 15 is 0 Å². The molecule has 0 spiro atoms. The molecule has 0 aromatic rings. The number of hydrogen-bond acceptors (Lipinski definition) is 3. The van der Waals surface area contributed by atoms with Gasteiger partial charge in [-0.15, -0.1) is 0 Å². The van der Waals surface area contributed by atoms with Crippen molar-refractivity contribution in [1.29, 1.82) is 5.26 Å². The molecule has 1 N–H and O–H groups in total. The first kappa shape index (κ1) is 10.5. The van der Waals surface area contributed by atoms with Gasteiger partial charge in [0, 0.05) is 18.6 Å². The van der Waals surface area contributed by atoms with E-state index in [1.165, 1.54) is 6.42 Å². The number of nitrogens with one attached hydrogen (secondary N) is 1. The summed E-state index contributed by atoms with van der Waals surface area (Å²) < 4.78 is 0. The fourth-order valence-corrected chi connectivity index (χ4v) is 1.93. The van der Waals surface area contributed by atoms with Crippen molar-refractivity contribution in [1.82, 2.24) is 10.2 Å². The van der Waals surface area contributed by atoms with Crippen molar-refractivity contribution in [2.75, 3.05) is 19.6 Å². The van der Waals surface area contributed by atoms with Gasteiger partial charge in [0.25, 0.3) is 0 Å². The van der Waals surface area contributed by atoms with E-state index in [1.807, 2.05) is 0 Å². The van der Waals surface area contributed by atoms with E-state index in [0.717, 1.165) is 19.6 Å². The van der Waals surface area contributed by atoms with Gasteiger partial charge >= 0.3 is 0 Å². The van der Waals surface area contributed by atoms with Gasteiger partial charge in [0.05, 0.1) is 12.5 Å². The van der Waals surface area contributed by atoms with E-state index in [1.54, 1.807) is 0 Å². The van der Waals surface area contributed by atoms with Crippen LogP contribution in [0.25, 0.3) is 0 Å². The van der Waals surface area contributed by atoms with E-state index < -0.39 is 0 Å². The Kier molecular flexibility index (Phi) is 4.20. The molecule has 1 aliphatic heterocycles. The lowest BCUT2D eigenvalue weighted by molar-refractivity contribution is 0.166. The third kappa shape index (κ3) is 2.98. The summed E-state index contributed by atoms with van der Waals surface area (Å²) in [4.78, 5) is 2.43. The summed E-state index contributed by atoms with van der Waals surface area (Å²) in [6.07, 6.45) is 1.84. The maximum atomic E-state index is 8.71. The molecule has 1 fully saturated rings. The zero-order valence-electron chi connectivity index (χ0n) is 8.58. The van der Waals surface area contributed by atoms with Crippen LogP contribution in [-0.2, 0) is 0 Å². The second kappa shape index (κ2) is 5.21. The van der Waals surface area contributed by atoms with Crippen LogP contribution < -0.4 is 5.32 Å². The van der Waals surface area contributed by atoms with Gasteiger partial charge in [0.1, 0.15) is 0 Å². The standard InChI is InChI=1S/C10H19N3/c1-9(2)13-7-3-6-12-8-10(13)4-5-11/h9-10,12H,3-4,6-8H2,1-2H3. The van der Waals surface area contributed by atoms with Crippen molar-refractivity contribution in [3.05, 3.63) is 0 Å². The fourth-order valence-electron chi connectivity index (χ4n) is 1.93. The SMILES string of the molecule is CC(C)N1CCCNCC1CC#N. The summed E-state index contributed by atoms with van der Waals surface area (Å²) in [5, 5.41) is 12.1. The van der Waals surface area contributed by atoms with E-state index in [4.69, 9.17) is 5.26 Å². The molecular weight excluding hydrogens is 162 g/mol. The Balaban J connectivity index is 2.56. The van der Waals surface area contributed by atoms with Crippen LogP contribution in [0.2, 0.25) is 0 Å². The van der Waals surface area contributed by atoms with E-state index in [-0.39, 0.29) is 0 Å². The van der Waals surface area contributed by atoms with E-state index in [2.05, 4.69) is 30.1 Å². The molecule has 0 aromatic carbocycles. The molecule has 1 saturated heterocycles. The number of nitriles is 1. The molecule has 3 heteroatoms. The highest BCUT2D eigenvalue weighted by atomic mass is 15.2. The molecular formula is C10H19N3. The summed E-state index contributed by atoms with van der Waals surface area (Å²) in [6, 6.07) is 3.23. The molecule has 0 aliphatic carbocycles. The van der Waals surface area contributed by atoms with Gasteiger partial charge in [-0.25, -0.2) is 0 Å². The molecule has 1 unspecified atom stereocenters. The normalized spacial score (nSPS) is 25.5. The molecule has 3 nitrogen and oxygen atoms in total. The van der Waals surface area contributed by atoms with Crippen LogP contribution in [0.3, 0.4) is 0 Å². The average molecular weight is 181 g/mol. The Bertz CT molecular complexity index is 183. The molecule has 1 atom stereocenters. The van der Waals surface area contributed by atoms with Crippen LogP contribution in [0, 0.1) is 11.3 Å². The highest BCUT2D eigenvalue weighted by Crippen LogP contribution is 2.11. The van der Waals surface area contributed by atoms with E-state index in [9.17, 15) is 0 Å². The van der Waals surface area contributed by atoms with Crippen molar-refractivity contribution in [3.63, 3.8) is 0 Å². The summed E-state index contributed by atoms with van der Waals surface area (Å²) in [5.74, 6) is 0. The van der Waals surface area contributed by atoms with Gasteiger partial charge in [0.2, 0.25) is 0 Å². The lowest BCUT2D eigenvalue weighted by Crippen LogP contribution is -2.43. The van der Waals surface area contributed by atoms with Crippen LogP contribution in [0.15, 0.2) is 0 Å². The van der Waals surface area contributed by atoms with E-state index in [0.29, 0.717) is 18.5 Å². The molecule has 1 aliphatic rings. The molecule has 0 saturated carbocycles. The molecule has 1 heterocycles. The minimum atomic E-state index is 0.410. The molecule has 74 valence electrons. The zero-order valence-corrected chi connectivity index (χ0v) is 8.58. The van der Waals surface area contributed by atoms with Crippen LogP contribution in [0.1, 0.15) is 26.7 Å². The maximum absolute atomic E-state index is 8.71. The topological polar surface area (TPSA) is 39.1 Å². The van der Waals surface area contributed by atoms with Gasteiger partial charge in [-0.2, -0.15) is 5.26 Å². The van der Waals surface area contributed by atoms with Crippen LogP contribution >= 0.6 is 0 Å². The summed E-state index contributed by atoms with van der Waals surface area (Å²) >= 11 is 0. The minimum Gasteiger partial charge on any atom is -0.315 e. The third-order valence-corrected chi connectivity index (χ3v) is 2.61. The first-order valence-electron chi connectivity index (χ1n) is 5.09. The second-order valence-electron chi connectivity index (χ2n) is 3.91. The van der Waals surface area contributed by atoms with Crippen LogP contribution in [0.4, 0.5) is 0 Å². The Morgan fingerprint density at radius 1 is 1.62 bits per heavy atom. The average Bonchev–Trinajstić information content (AvgIpc) is 2.30. The molecule has 13 heavy (non-hydrogen) atoms. The highest BCUT2D eigenvalue weighted by Gasteiger charge is 2.22. The van der Waals surface area contributed by atoms with Crippen LogP contribution in [-0.4, -0.2) is 36.6 Å². The molecule has 1 rings (SSSR count). The van der Waals surface area contributed by atoms with Crippen molar-refractivity contribution in [2.24, 2.45) is 0 Å². The zero-order chi connectivity index (χ0) is 9.68. The van der Waals surface area contributed by atoms with Gasteiger partial charge in [-0.05, 0) is 33.4 Å². The lowest BCUT2D eigenvalue weighted by atomic mass is 10.1. The number of nitrogens with zero attached hydrogens (tertiary/aromatic N) is 2. The number of hydrogen-bond donors (Lipinski definition) is 1. The third-order valence-electron chi connectivity index (χ3n) is 2.61. The number of rotatable bonds is 2. The summed E-state index contributed by atoms with van der Waals surface area (Å²) in [5.41, 5.74) is 0. The Hall–Kier alpha value is -0.590. The smallest absolute Gasteiger partial charge is 0.0638 e. The fraction of sp³-hybridized carbons (Fsp3) is 0.900. The monoisotopic (exact) mass is 181 g/mol. The van der Waals surface area contributed by atoms with Crippen molar-refractivity contribution in [2.45, 2.75) is 38.8 Å². The predicted octanol–water partition coefficient (Wildman–Crippen LogP) is 0.972. The molecule has 0 bridgehead atoms. The van der Waals surface area contributed by atoms with Crippen LogP contribution in [0.5, 0.6) is 0 Å². The predicted molar refractivity (Wildman–Crippen MR) is 53.3 cm³/mol. The van der Waals surface area contributed by atoms with Crippen molar-refractivity contribution in [3.8, 4) is 6.07 Å². The second-order valence-corrected chi connectivity index (χ2v) is 3.91. The highest BCUT2D eigenvalue weighted by molar-refractivity contribution is 4.87. The van der Waals surface area contributed by atoms with Gasteiger partial charge in [-0.3, -0.25) is 4.90 Å². The molecule has 0 amide bonds. The van der Waals surface area contributed by atoms with Crippen molar-refractivity contribution < 1.29 is 0 Å². The first-order valence-corrected chi connectivity index (χ1v) is 5.09. The van der Waals surface area contributed by atoms with Gasteiger partial charge in [0.15, 0.2) is 0 Å². The maximum Gasteiger partial charge on any atom is 0.0638 e. The quantitative estimate of drug-likeness (QED) is 0.690. The Morgan fingerprint density at radius 2 is 2.38 bits per heavy atom. The summed E-state index contributed by atoms with van der Waals surface area (Å²) in [6.45, 7) is 7.58. The largest absolute Gasteiger partial charge is 0.315 e. The lowest BCUT2D eigenvalue weighted by Gasteiger charge is -2.31. The minimum absolute atomic E-state index is 0.410. The van der Waals surface area contributed by atoms with Gasteiger partial charge in [-0.1, -0.05) is 0 Å². The molecule has 0 aromatic heterocycles. The van der Waals surface area contributed by atoms with Crippen molar-refractivity contribution >= 4 is 0 Å². The molecule has 0 radical (unpaired) electrons. The first-order chi connectivity index (χ1) is 6.25.